The maximum atomic E-state index is 5.22. The van der Waals surface area contributed by atoms with Gasteiger partial charge in [0.2, 0.25) is 0 Å². The number of aryl methyl sites for hydroxylation is 1. The molecule has 0 spiro atoms. The molecule has 2 aliphatic heterocycles. The third kappa shape index (κ3) is 13.7. The molecule has 52 heavy (non-hydrogen) atoms. The van der Waals surface area contributed by atoms with Crippen molar-refractivity contribution < 1.29 is 4.74 Å². The standard InChI is InChI=1S/C45H73N5OS/c1-9-41(46-10-2)25-18-13-11-12-16-21-34(3)45(37(6)48-52-42-26-27-42)47-36(5)44-30-38(31-49(44)7)29-35(4)50-32-40-24-20-23-39(43(40)33-50)22-17-14-15-19-28-51-8/h9-10,20,23-24,34,38,41-42,44-48H,1-2,4-6,11-19,21-22,25-33H2,3,7-8H3/t34-,38+,41+,44?,45?/m0/s1. The number of hydrogen-bond acceptors (Lipinski definition) is 7. The van der Waals surface area contributed by atoms with Gasteiger partial charge in [0.15, 0.2) is 0 Å². The summed E-state index contributed by atoms with van der Waals surface area (Å²) in [7, 11) is 4.07. The van der Waals surface area contributed by atoms with Crippen molar-refractivity contribution in [3.8, 4) is 0 Å². The Morgan fingerprint density at radius 1 is 0.981 bits per heavy atom. The molecule has 290 valence electrons. The maximum Gasteiger partial charge on any atom is 0.0685 e. The molecular weight excluding hydrogens is 659 g/mol. The third-order valence-corrected chi connectivity index (χ3v) is 12.8. The number of allylic oxidation sites excluding steroid dienone is 1. The van der Waals surface area contributed by atoms with E-state index in [1.54, 1.807) is 18.9 Å². The number of rotatable bonds is 29. The first-order chi connectivity index (χ1) is 25.2. The molecule has 3 aliphatic rings. The number of hydrogen-bond donors (Lipinski definition) is 3. The monoisotopic (exact) mass is 732 g/mol. The average Bonchev–Trinajstić information content (AvgIpc) is 3.74. The van der Waals surface area contributed by atoms with E-state index < -0.39 is 0 Å². The lowest BCUT2D eigenvalue weighted by atomic mass is 9.92. The summed E-state index contributed by atoms with van der Waals surface area (Å²) in [5.41, 5.74) is 8.09. The Hall–Kier alpha value is -2.61. The molecule has 0 amide bonds. The topological polar surface area (TPSA) is 51.8 Å². The van der Waals surface area contributed by atoms with Crippen LogP contribution in [0.1, 0.15) is 120 Å². The van der Waals surface area contributed by atoms with Crippen LogP contribution in [0.25, 0.3) is 0 Å². The van der Waals surface area contributed by atoms with Crippen molar-refractivity contribution in [2.75, 3.05) is 27.3 Å². The van der Waals surface area contributed by atoms with Crippen LogP contribution in [-0.4, -0.2) is 60.5 Å². The highest BCUT2D eigenvalue weighted by Crippen LogP contribution is 2.36. The number of benzene rings is 1. The van der Waals surface area contributed by atoms with Crippen LogP contribution in [0, 0.1) is 11.8 Å². The number of methoxy groups -OCH3 is 1. The predicted molar refractivity (Wildman–Crippen MR) is 226 cm³/mol. The van der Waals surface area contributed by atoms with Gasteiger partial charge in [-0.15, -0.1) is 6.58 Å². The molecule has 0 aromatic heterocycles. The molecule has 0 bridgehead atoms. The van der Waals surface area contributed by atoms with E-state index in [1.165, 1.54) is 93.9 Å². The Labute approximate surface area is 323 Å². The molecule has 0 radical (unpaired) electrons. The molecule has 1 aliphatic carbocycles. The molecule has 1 saturated heterocycles. The van der Waals surface area contributed by atoms with Gasteiger partial charge in [0.25, 0.3) is 0 Å². The van der Waals surface area contributed by atoms with Crippen LogP contribution in [0.5, 0.6) is 0 Å². The van der Waals surface area contributed by atoms with Crippen molar-refractivity contribution in [2.45, 2.75) is 146 Å². The number of likely N-dealkylation sites (N-methyl/N-ethyl adjacent to an activating group) is 1. The molecule has 1 aromatic rings. The summed E-state index contributed by atoms with van der Waals surface area (Å²) in [6.45, 7) is 27.9. The van der Waals surface area contributed by atoms with E-state index in [0.717, 1.165) is 68.6 Å². The molecule has 2 unspecified atom stereocenters. The second-order valence-corrected chi connectivity index (χ2v) is 17.1. The fourth-order valence-electron chi connectivity index (χ4n) is 8.21. The number of fused-ring (bicyclic) bond motifs is 1. The number of nitrogens with zero attached hydrogens (tertiary/aromatic N) is 2. The summed E-state index contributed by atoms with van der Waals surface area (Å²) >= 11 is 1.86. The van der Waals surface area contributed by atoms with Gasteiger partial charge in [0, 0.05) is 67.8 Å². The summed E-state index contributed by atoms with van der Waals surface area (Å²) in [6.07, 6.45) is 23.3. The van der Waals surface area contributed by atoms with Gasteiger partial charge in [0.05, 0.1) is 6.04 Å². The van der Waals surface area contributed by atoms with Crippen LogP contribution in [0.4, 0.5) is 0 Å². The first-order valence-corrected chi connectivity index (χ1v) is 21.4. The Balaban J connectivity index is 1.23. The number of unbranched alkanes of at least 4 members (excludes halogenated alkanes) is 7. The predicted octanol–water partition coefficient (Wildman–Crippen LogP) is 10.0. The van der Waals surface area contributed by atoms with Gasteiger partial charge in [-0.2, -0.15) is 0 Å². The fraction of sp³-hybridized carbons (Fsp3) is 0.644. The molecule has 4 rings (SSSR count). The van der Waals surface area contributed by atoms with E-state index in [0.29, 0.717) is 23.9 Å². The smallest absolute Gasteiger partial charge is 0.0685 e. The highest BCUT2D eigenvalue weighted by Gasteiger charge is 2.35. The SMILES string of the molecule is C=CN[C@H](C=C)CCCCCCC[C@H](C)C(NC(=C)C1C[C@@H](CC(=C)N2Cc3cccc(CCCCCCOC)c3C2)CN1C)C(=C)NSC1CC1. The van der Waals surface area contributed by atoms with Gasteiger partial charge in [-0.25, -0.2) is 0 Å². The first kappa shape index (κ1) is 42.1. The molecular formula is C45H73N5OS. The van der Waals surface area contributed by atoms with E-state index in [9.17, 15) is 0 Å². The van der Waals surface area contributed by atoms with Crippen molar-refractivity contribution in [3.05, 3.63) is 97.2 Å². The van der Waals surface area contributed by atoms with E-state index in [-0.39, 0.29) is 6.04 Å². The van der Waals surface area contributed by atoms with Crippen molar-refractivity contribution >= 4 is 11.9 Å². The van der Waals surface area contributed by atoms with Crippen LogP contribution in [0.15, 0.2) is 80.5 Å². The van der Waals surface area contributed by atoms with E-state index in [4.69, 9.17) is 4.74 Å². The van der Waals surface area contributed by atoms with Gasteiger partial charge in [-0.05, 0) is 112 Å². The van der Waals surface area contributed by atoms with Gasteiger partial charge in [-0.3, -0.25) is 4.90 Å². The minimum atomic E-state index is 0.169. The largest absolute Gasteiger partial charge is 0.385 e. The van der Waals surface area contributed by atoms with Gasteiger partial charge < -0.3 is 25.0 Å². The third-order valence-electron chi connectivity index (χ3n) is 11.6. The zero-order valence-electron chi connectivity index (χ0n) is 33.2. The van der Waals surface area contributed by atoms with Gasteiger partial charge in [-0.1, -0.05) is 102 Å². The van der Waals surface area contributed by atoms with Crippen LogP contribution in [0.3, 0.4) is 0 Å². The quantitative estimate of drug-likeness (QED) is 0.0431. The molecule has 2 fully saturated rings. The molecule has 1 saturated carbocycles. The fourth-order valence-corrected chi connectivity index (χ4v) is 9.03. The average molecular weight is 732 g/mol. The van der Waals surface area contributed by atoms with Crippen LogP contribution >= 0.6 is 11.9 Å². The minimum absolute atomic E-state index is 0.169. The van der Waals surface area contributed by atoms with Gasteiger partial charge >= 0.3 is 0 Å². The van der Waals surface area contributed by atoms with Crippen LogP contribution in [0.2, 0.25) is 0 Å². The molecule has 7 heteroatoms. The second-order valence-electron chi connectivity index (χ2n) is 16.0. The highest BCUT2D eigenvalue weighted by molar-refractivity contribution is 7.98. The zero-order valence-corrected chi connectivity index (χ0v) is 34.1. The first-order valence-electron chi connectivity index (χ1n) is 20.5. The molecule has 3 N–H and O–H groups in total. The number of nitrogens with one attached hydrogen (secondary N) is 3. The van der Waals surface area contributed by atoms with Crippen LogP contribution < -0.4 is 15.4 Å². The highest BCUT2D eigenvalue weighted by atomic mass is 32.2. The number of ether oxygens (including phenoxy) is 1. The zero-order chi connectivity index (χ0) is 37.3. The van der Waals surface area contributed by atoms with Crippen molar-refractivity contribution in [1.29, 1.82) is 0 Å². The molecule has 6 nitrogen and oxygen atoms in total. The minimum Gasteiger partial charge on any atom is -0.385 e. The summed E-state index contributed by atoms with van der Waals surface area (Å²) in [5.74, 6) is 1.05. The number of likely N-dealkylation sites (tertiary alicyclic amines) is 1. The van der Waals surface area contributed by atoms with Crippen molar-refractivity contribution in [3.63, 3.8) is 0 Å². The Morgan fingerprint density at radius 3 is 2.44 bits per heavy atom. The van der Waals surface area contributed by atoms with E-state index >= 15 is 0 Å². The van der Waals surface area contributed by atoms with E-state index in [1.807, 2.05) is 18.0 Å². The summed E-state index contributed by atoms with van der Waals surface area (Å²) in [6, 6.07) is 7.76. The molecule has 2 heterocycles. The molecule has 1 aromatic carbocycles. The van der Waals surface area contributed by atoms with Crippen molar-refractivity contribution in [1.82, 2.24) is 25.2 Å². The maximum absolute atomic E-state index is 5.22. The summed E-state index contributed by atoms with van der Waals surface area (Å²) < 4.78 is 8.86. The normalized spacial score (nSPS) is 20.2. The van der Waals surface area contributed by atoms with Crippen molar-refractivity contribution in [2.24, 2.45) is 11.8 Å². The Bertz CT molecular complexity index is 1290. The Kier molecular flexibility index (Phi) is 18.3. The lowest BCUT2D eigenvalue weighted by Gasteiger charge is -2.32. The second kappa shape index (κ2) is 22.6. The lowest BCUT2D eigenvalue weighted by Crippen LogP contribution is -2.43. The van der Waals surface area contributed by atoms with Crippen LogP contribution in [-0.2, 0) is 24.2 Å². The Morgan fingerprint density at radius 2 is 1.71 bits per heavy atom. The van der Waals surface area contributed by atoms with E-state index in [2.05, 4.69) is 90.2 Å². The molecule has 5 atom stereocenters. The summed E-state index contributed by atoms with van der Waals surface area (Å²) in [4.78, 5) is 5.05. The lowest BCUT2D eigenvalue weighted by molar-refractivity contribution is 0.192. The van der Waals surface area contributed by atoms with Gasteiger partial charge in [0.1, 0.15) is 0 Å². The summed E-state index contributed by atoms with van der Waals surface area (Å²) in [5, 5.41) is 7.94.